The van der Waals surface area contributed by atoms with Crippen LogP contribution in [0.1, 0.15) is 35.6 Å². The van der Waals surface area contributed by atoms with Crippen molar-refractivity contribution in [2.24, 2.45) is 10.9 Å². The van der Waals surface area contributed by atoms with Crippen LogP contribution in [0.5, 0.6) is 0 Å². The van der Waals surface area contributed by atoms with Crippen molar-refractivity contribution >= 4 is 46.7 Å². The highest BCUT2D eigenvalue weighted by Gasteiger charge is 2.54. The second-order valence-corrected chi connectivity index (χ2v) is 9.57. The van der Waals surface area contributed by atoms with Gasteiger partial charge in [0, 0.05) is 33.2 Å². The first-order valence-corrected chi connectivity index (χ1v) is 11.2. The fraction of sp³-hybridized carbons (Fsp3) is 0.240. The van der Waals surface area contributed by atoms with Gasteiger partial charge in [0.05, 0.1) is 11.1 Å². The molecule has 30 heavy (non-hydrogen) atoms. The molecule has 0 saturated carbocycles. The monoisotopic (exact) mass is 454 g/mol. The van der Waals surface area contributed by atoms with E-state index in [4.69, 9.17) is 39.8 Å². The number of nitrogens with one attached hydrogen (secondary N) is 1. The number of fused-ring (bicyclic) bond motifs is 2. The summed E-state index contributed by atoms with van der Waals surface area (Å²) in [5.74, 6) is 0.555. The van der Waals surface area contributed by atoms with Crippen LogP contribution >= 0.6 is 34.8 Å². The first-order valence-electron chi connectivity index (χ1n) is 10.1. The van der Waals surface area contributed by atoms with Crippen LogP contribution in [0.2, 0.25) is 15.1 Å². The molecule has 1 fully saturated rings. The van der Waals surface area contributed by atoms with Crippen LogP contribution in [0.25, 0.3) is 0 Å². The summed E-state index contributed by atoms with van der Waals surface area (Å²) in [4.78, 5) is 4.85. The molecule has 5 heteroatoms. The van der Waals surface area contributed by atoms with Gasteiger partial charge in [-0.1, -0.05) is 72.1 Å². The highest BCUT2D eigenvalue weighted by atomic mass is 35.5. The molecule has 3 aromatic rings. The molecule has 0 aliphatic carbocycles. The molecule has 2 nitrogen and oxygen atoms in total. The van der Waals surface area contributed by atoms with E-state index < -0.39 is 0 Å². The molecular weight excluding hydrogens is 435 g/mol. The SMILES string of the molecule is C[C@@H]1CN[C@H](c2cccc(Cl)c2)[C@@]2(C=Nc3cc(Cl)ccc32)[C@@H]1c1cccc(Cl)c1. The van der Waals surface area contributed by atoms with Gasteiger partial charge in [-0.3, -0.25) is 4.99 Å². The van der Waals surface area contributed by atoms with Gasteiger partial charge in [-0.2, -0.15) is 0 Å². The van der Waals surface area contributed by atoms with E-state index in [1.807, 2.05) is 42.5 Å². The smallest absolute Gasteiger partial charge is 0.0683 e. The fourth-order valence-electron chi connectivity index (χ4n) is 5.33. The lowest BCUT2D eigenvalue weighted by molar-refractivity contribution is 0.208. The maximum atomic E-state index is 6.42. The molecule has 0 aromatic heterocycles. The molecule has 152 valence electrons. The van der Waals surface area contributed by atoms with Gasteiger partial charge in [0.25, 0.3) is 0 Å². The zero-order chi connectivity index (χ0) is 20.9. The second kappa shape index (κ2) is 7.69. The van der Waals surface area contributed by atoms with E-state index in [9.17, 15) is 0 Å². The average Bonchev–Trinajstić information content (AvgIpc) is 3.06. The lowest BCUT2D eigenvalue weighted by Gasteiger charge is -2.50. The van der Waals surface area contributed by atoms with Gasteiger partial charge in [-0.25, -0.2) is 0 Å². The molecule has 0 radical (unpaired) electrons. The molecule has 2 heterocycles. The van der Waals surface area contributed by atoms with Crippen LogP contribution in [0.4, 0.5) is 5.69 Å². The van der Waals surface area contributed by atoms with Crippen LogP contribution in [0, 0.1) is 5.92 Å². The average molecular weight is 456 g/mol. The summed E-state index contributed by atoms with van der Waals surface area (Å²) in [6.07, 6.45) is 2.12. The number of rotatable bonds is 2. The standard InChI is InChI=1S/C25H21Cl3N2/c1-15-13-29-24(17-5-3-7-19(27)11-17)25(23(15)16-4-2-6-18(26)10-16)14-30-22-12-20(28)8-9-21(22)25/h2-12,14-15,23-24,29H,13H2,1H3/t15-,23+,24-,25-/m1/s1. The van der Waals surface area contributed by atoms with Crippen molar-refractivity contribution in [1.29, 1.82) is 0 Å². The number of halogens is 3. The Kier molecular flexibility index (Phi) is 5.15. The van der Waals surface area contributed by atoms with E-state index in [1.54, 1.807) is 0 Å². The van der Waals surface area contributed by atoms with E-state index in [0.29, 0.717) is 10.9 Å². The van der Waals surface area contributed by atoms with Gasteiger partial charge in [0.15, 0.2) is 0 Å². The lowest BCUT2D eigenvalue weighted by atomic mass is 9.57. The predicted molar refractivity (Wildman–Crippen MR) is 127 cm³/mol. The number of nitrogens with zero attached hydrogens (tertiary/aromatic N) is 1. The molecule has 4 atom stereocenters. The molecule has 5 rings (SSSR count). The Bertz CT molecular complexity index is 1140. The Morgan fingerprint density at radius 1 is 0.867 bits per heavy atom. The van der Waals surface area contributed by atoms with Gasteiger partial charge in [0.1, 0.15) is 0 Å². The van der Waals surface area contributed by atoms with Crippen LogP contribution in [0.15, 0.2) is 71.7 Å². The first kappa shape index (κ1) is 20.1. The number of hydrogen-bond acceptors (Lipinski definition) is 2. The summed E-state index contributed by atoms with van der Waals surface area (Å²) in [7, 11) is 0. The normalized spacial score (nSPS) is 27.4. The molecule has 0 unspecified atom stereocenters. The van der Waals surface area contributed by atoms with Crippen molar-refractivity contribution < 1.29 is 0 Å². The summed E-state index contributed by atoms with van der Waals surface area (Å²) >= 11 is 19.1. The predicted octanol–water partition coefficient (Wildman–Crippen LogP) is 7.36. The fourth-order valence-corrected chi connectivity index (χ4v) is 5.89. The molecular formula is C25H21Cl3N2. The molecule has 1 spiro atoms. The van der Waals surface area contributed by atoms with Gasteiger partial charge in [-0.15, -0.1) is 0 Å². The van der Waals surface area contributed by atoms with E-state index in [1.165, 1.54) is 11.1 Å². The van der Waals surface area contributed by atoms with E-state index in [0.717, 1.165) is 27.8 Å². The van der Waals surface area contributed by atoms with Crippen molar-refractivity contribution in [3.8, 4) is 0 Å². The quantitative estimate of drug-likeness (QED) is 0.429. The van der Waals surface area contributed by atoms with Gasteiger partial charge < -0.3 is 5.32 Å². The zero-order valence-electron chi connectivity index (χ0n) is 16.4. The summed E-state index contributed by atoms with van der Waals surface area (Å²) in [6, 6.07) is 22.4. The van der Waals surface area contributed by atoms with Crippen molar-refractivity contribution in [3.05, 3.63) is 98.5 Å². The van der Waals surface area contributed by atoms with Gasteiger partial charge in [0.2, 0.25) is 0 Å². The van der Waals surface area contributed by atoms with Crippen molar-refractivity contribution in [1.82, 2.24) is 5.32 Å². The summed E-state index contributed by atoms with van der Waals surface area (Å²) in [5.41, 5.74) is 4.10. The maximum absolute atomic E-state index is 6.42. The Morgan fingerprint density at radius 2 is 1.53 bits per heavy atom. The Morgan fingerprint density at radius 3 is 2.27 bits per heavy atom. The van der Waals surface area contributed by atoms with Crippen LogP contribution in [0.3, 0.4) is 0 Å². The van der Waals surface area contributed by atoms with Crippen LogP contribution < -0.4 is 5.32 Å². The number of hydrogen-bond donors (Lipinski definition) is 1. The number of aliphatic imine (C=N–C) groups is 1. The maximum Gasteiger partial charge on any atom is 0.0683 e. The summed E-state index contributed by atoms with van der Waals surface area (Å²) < 4.78 is 0. The topological polar surface area (TPSA) is 24.4 Å². The van der Waals surface area contributed by atoms with Crippen molar-refractivity contribution in [2.45, 2.75) is 24.3 Å². The van der Waals surface area contributed by atoms with E-state index in [-0.39, 0.29) is 17.4 Å². The minimum absolute atomic E-state index is 0.0163. The molecule has 2 aliphatic rings. The third-order valence-corrected chi connectivity index (χ3v) is 7.14. The van der Waals surface area contributed by atoms with Gasteiger partial charge in [-0.05, 0) is 65.6 Å². The molecule has 0 amide bonds. The lowest BCUT2D eigenvalue weighted by Crippen LogP contribution is -2.54. The third-order valence-electron chi connectivity index (χ3n) is 6.44. The molecule has 2 aliphatic heterocycles. The summed E-state index contributed by atoms with van der Waals surface area (Å²) in [5, 5.41) is 5.97. The second-order valence-electron chi connectivity index (χ2n) is 8.26. The Balaban J connectivity index is 1.77. The van der Waals surface area contributed by atoms with Gasteiger partial charge >= 0.3 is 0 Å². The van der Waals surface area contributed by atoms with Crippen molar-refractivity contribution in [2.75, 3.05) is 6.54 Å². The highest BCUT2D eigenvalue weighted by Crippen LogP contribution is 2.57. The first-order chi connectivity index (χ1) is 14.5. The van der Waals surface area contributed by atoms with Crippen molar-refractivity contribution in [3.63, 3.8) is 0 Å². The van der Waals surface area contributed by atoms with E-state index >= 15 is 0 Å². The van der Waals surface area contributed by atoms with E-state index in [2.05, 4.69) is 42.7 Å². The Hall–Kier alpha value is -1.84. The largest absolute Gasteiger partial charge is 0.309 e. The number of benzene rings is 3. The molecule has 1 N–H and O–H groups in total. The third kappa shape index (κ3) is 3.18. The highest BCUT2D eigenvalue weighted by molar-refractivity contribution is 6.31. The molecule has 1 saturated heterocycles. The van der Waals surface area contributed by atoms with Crippen LogP contribution in [-0.2, 0) is 5.41 Å². The molecule has 0 bridgehead atoms. The molecule has 3 aromatic carbocycles. The van der Waals surface area contributed by atoms with Crippen LogP contribution in [-0.4, -0.2) is 12.8 Å². The Labute approximate surface area is 191 Å². The minimum Gasteiger partial charge on any atom is -0.309 e. The zero-order valence-corrected chi connectivity index (χ0v) is 18.7. The minimum atomic E-state index is -0.382. The number of piperidine rings is 1. The summed E-state index contributed by atoms with van der Waals surface area (Å²) in [6.45, 7) is 3.17.